The van der Waals surface area contributed by atoms with Crippen LogP contribution >= 0.6 is 0 Å². The third-order valence-corrected chi connectivity index (χ3v) is 2.36. The average molecular weight is 244 g/mol. The first-order valence-corrected chi connectivity index (χ1v) is 5.60. The first kappa shape index (κ1) is 13.8. The third kappa shape index (κ3) is 4.22. The van der Waals surface area contributed by atoms with Gasteiger partial charge in [-0.1, -0.05) is 0 Å². The largest absolute Gasteiger partial charge is 0.468 e. The van der Waals surface area contributed by atoms with Crippen LogP contribution in [0.1, 0.15) is 20.8 Å². The number of methoxy groups -OCH3 is 1. The van der Waals surface area contributed by atoms with Crippen LogP contribution in [0.2, 0.25) is 0 Å². The maximum absolute atomic E-state index is 11.9. The van der Waals surface area contributed by atoms with Gasteiger partial charge in [-0.25, -0.2) is 4.79 Å². The molecule has 1 aliphatic heterocycles. The highest BCUT2D eigenvalue weighted by molar-refractivity contribution is 5.78. The molecule has 1 fully saturated rings. The second-order valence-electron chi connectivity index (χ2n) is 5.00. The molecule has 0 aliphatic carbocycles. The lowest BCUT2D eigenvalue weighted by Gasteiger charge is -2.38. The molecule has 1 rings (SSSR count). The van der Waals surface area contributed by atoms with Gasteiger partial charge in [0.15, 0.2) is 0 Å². The summed E-state index contributed by atoms with van der Waals surface area (Å²) in [4.78, 5) is 24.6. The summed E-state index contributed by atoms with van der Waals surface area (Å²) >= 11 is 0. The fraction of sp³-hybridized carbons (Fsp3) is 0.818. The normalized spacial score (nSPS) is 16.0. The van der Waals surface area contributed by atoms with Gasteiger partial charge in [0.2, 0.25) is 0 Å². The molecule has 0 saturated carbocycles. The van der Waals surface area contributed by atoms with Crippen molar-refractivity contribution in [3.63, 3.8) is 0 Å². The summed E-state index contributed by atoms with van der Waals surface area (Å²) in [7, 11) is 1.30. The van der Waals surface area contributed by atoms with Crippen LogP contribution in [-0.4, -0.2) is 55.3 Å². The van der Waals surface area contributed by atoms with Crippen molar-refractivity contribution >= 4 is 12.1 Å². The van der Waals surface area contributed by atoms with Crippen LogP contribution in [0.25, 0.3) is 0 Å². The highest BCUT2D eigenvalue weighted by Gasteiger charge is 2.33. The minimum absolute atomic E-state index is 0.00366. The van der Waals surface area contributed by atoms with Gasteiger partial charge >= 0.3 is 12.1 Å². The summed E-state index contributed by atoms with van der Waals surface area (Å²) in [6.07, 6.45) is -0.477. The van der Waals surface area contributed by atoms with Crippen LogP contribution in [0, 0.1) is 0 Å². The molecule has 0 bridgehead atoms. The monoisotopic (exact) mass is 244 g/mol. The Balaban J connectivity index is 2.62. The Labute approximate surface area is 101 Å². The summed E-state index contributed by atoms with van der Waals surface area (Å²) < 4.78 is 9.82. The number of hydrogen-bond donors (Lipinski definition) is 1. The predicted octanol–water partition coefficient (Wildman–Crippen LogP) is 0.368. The van der Waals surface area contributed by atoms with Crippen LogP contribution < -0.4 is 5.32 Å². The van der Waals surface area contributed by atoms with E-state index in [4.69, 9.17) is 4.74 Å². The van der Waals surface area contributed by atoms with E-state index in [2.05, 4.69) is 10.1 Å². The molecule has 1 amide bonds. The van der Waals surface area contributed by atoms with Crippen LogP contribution in [-0.2, 0) is 14.3 Å². The van der Waals surface area contributed by atoms with Crippen molar-refractivity contribution in [2.24, 2.45) is 0 Å². The quantitative estimate of drug-likeness (QED) is 0.726. The number of hydrogen-bond acceptors (Lipinski definition) is 5. The minimum Gasteiger partial charge on any atom is -0.468 e. The van der Waals surface area contributed by atoms with Crippen LogP contribution in [0.4, 0.5) is 4.79 Å². The summed E-state index contributed by atoms with van der Waals surface area (Å²) in [6.45, 7) is 6.66. The zero-order chi connectivity index (χ0) is 13.1. The number of nitrogens with zero attached hydrogens (tertiary/aromatic N) is 1. The van der Waals surface area contributed by atoms with Gasteiger partial charge in [0.1, 0.15) is 12.1 Å². The van der Waals surface area contributed by atoms with Crippen molar-refractivity contribution in [1.29, 1.82) is 0 Å². The lowest BCUT2D eigenvalue weighted by atomic mass is 10.1. The van der Waals surface area contributed by atoms with E-state index in [1.807, 2.05) is 0 Å². The topological polar surface area (TPSA) is 67.9 Å². The fourth-order valence-electron chi connectivity index (χ4n) is 1.36. The molecule has 0 atom stereocenters. The molecule has 1 N–H and O–H groups in total. The average Bonchev–Trinajstić information content (AvgIpc) is 2.10. The number of carbonyl (C=O) groups is 2. The first-order valence-electron chi connectivity index (χ1n) is 5.60. The molecule has 0 spiro atoms. The van der Waals surface area contributed by atoms with Crippen LogP contribution in [0.15, 0.2) is 0 Å². The first-order chi connectivity index (χ1) is 7.83. The lowest BCUT2D eigenvalue weighted by molar-refractivity contribution is -0.142. The minimum atomic E-state index is -0.567. The smallest absolute Gasteiger partial charge is 0.411 e. The van der Waals surface area contributed by atoms with Crippen molar-refractivity contribution in [1.82, 2.24) is 10.2 Å². The van der Waals surface area contributed by atoms with E-state index >= 15 is 0 Å². The van der Waals surface area contributed by atoms with Crippen molar-refractivity contribution < 1.29 is 19.1 Å². The maximum atomic E-state index is 11.9. The zero-order valence-corrected chi connectivity index (χ0v) is 10.8. The third-order valence-electron chi connectivity index (χ3n) is 2.36. The molecular weight excluding hydrogens is 224 g/mol. The highest BCUT2D eigenvalue weighted by atomic mass is 16.6. The number of esters is 1. The Hall–Kier alpha value is -1.30. The Morgan fingerprint density at radius 2 is 1.94 bits per heavy atom. The molecule has 1 aliphatic rings. The molecule has 6 nitrogen and oxygen atoms in total. The summed E-state index contributed by atoms with van der Waals surface area (Å²) in [5.41, 5.74) is -0.567. The molecular formula is C11H20N2O4. The standard InChI is InChI=1S/C11H20N2O4/c1-11(2,3)17-10(15)13(7-9(14)16-4)8-5-12-6-8/h8,12H,5-7H2,1-4H3. The van der Waals surface area contributed by atoms with E-state index in [9.17, 15) is 9.59 Å². The fourth-order valence-corrected chi connectivity index (χ4v) is 1.36. The van der Waals surface area contributed by atoms with Crippen LogP contribution in [0.3, 0.4) is 0 Å². The molecule has 1 saturated heterocycles. The molecule has 0 radical (unpaired) electrons. The van der Waals surface area contributed by atoms with E-state index in [1.165, 1.54) is 12.0 Å². The molecule has 98 valence electrons. The van der Waals surface area contributed by atoms with Crippen LogP contribution in [0.5, 0.6) is 0 Å². The summed E-state index contributed by atoms with van der Waals surface area (Å²) in [6, 6.07) is 0.00366. The number of carbonyl (C=O) groups excluding carboxylic acids is 2. The Morgan fingerprint density at radius 3 is 2.29 bits per heavy atom. The molecule has 17 heavy (non-hydrogen) atoms. The second-order valence-corrected chi connectivity index (χ2v) is 5.00. The molecule has 0 aromatic carbocycles. The van der Waals surface area contributed by atoms with E-state index < -0.39 is 17.7 Å². The second kappa shape index (κ2) is 5.35. The Bertz CT molecular complexity index is 294. The van der Waals surface area contributed by atoms with E-state index in [0.29, 0.717) is 13.1 Å². The van der Waals surface area contributed by atoms with Gasteiger partial charge in [0.25, 0.3) is 0 Å². The zero-order valence-electron chi connectivity index (χ0n) is 10.8. The highest BCUT2D eigenvalue weighted by Crippen LogP contribution is 2.13. The predicted molar refractivity (Wildman–Crippen MR) is 61.6 cm³/mol. The molecule has 6 heteroatoms. The Morgan fingerprint density at radius 1 is 1.35 bits per heavy atom. The van der Waals surface area contributed by atoms with E-state index in [0.717, 1.165) is 0 Å². The van der Waals surface area contributed by atoms with Gasteiger partial charge in [-0.15, -0.1) is 0 Å². The lowest BCUT2D eigenvalue weighted by Crippen LogP contribution is -2.60. The van der Waals surface area contributed by atoms with Crippen molar-refractivity contribution in [3.8, 4) is 0 Å². The van der Waals surface area contributed by atoms with Gasteiger partial charge in [-0.3, -0.25) is 9.69 Å². The molecule has 0 aromatic rings. The van der Waals surface area contributed by atoms with Gasteiger partial charge < -0.3 is 14.8 Å². The molecule has 0 aromatic heterocycles. The van der Waals surface area contributed by atoms with Gasteiger partial charge in [0.05, 0.1) is 13.2 Å². The van der Waals surface area contributed by atoms with Crippen molar-refractivity contribution in [3.05, 3.63) is 0 Å². The number of amides is 1. The summed E-state index contributed by atoms with van der Waals surface area (Å²) in [5, 5.41) is 3.05. The Kier molecular flexibility index (Phi) is 4.34. The van der Waals surface area contributed by atoms with Crippen molar-refractivity contribution in [2.45, 2.75) is 32.4 Å². The van der Waals surface area contributed by atoms with E-state index in [1.54, 1.807) is 20.8 Å². The van der Waals surface area contributed by atoms with Gasteiger partial charge in [0, 0.05) is 13.1 Å². The van der Waals surface area contributed by atoms with Gasteiger partial charge in [-0.2, -0.15) is 0 Å². The maximum Gasteiger partial charge on any atom is 0.411 e. The number of ether oxygens (including phenoxy) is 2. The van der Waals surface area contributed by atoms with E-state index in [-0.39, 0.29) is 12.6 Å². The molecule has 1 heterocycles. The molecule has 0 unspecified atom stereocenters. The van der Waals surface area contributed by atoms with Gasteiger partial charge in [-0.05, 0) is 20.8 Å². The van der Waals surface area contributed by atoms with Crippen molar-refractivity contribution in [2.75, 3.05) is 26.7 Å². The SMILES string of the molecule is COC(=O)CN(C(=O)OC(C)(C)C)C1CNC1. The number of nitrogens with one attached hydrogen (secondary N) is 1. The summed E-state index contributed by atoms with van der Waals surface area (Å²) in [5.74, 6) is -0.442. The number of rotatable bonds is 3.